The predicted octanol–water partition coefficient (Wildman–Crippen LogP) is -0.148. The topological polar surface area (TPSA) is 75.4 Å². The van der Waals surface area contributed by atoms with Crippen molar-refractivity contribution in [3.8, 4) is 0 Å². The number of amides is 2. The Hall–Kier alpha value is -1.10. The van der Waals surface area contributed by atoms with E-state index in [0.29, 0.717) is 13.0 Å². The Morgan fingerprint density at radius 2 is 2.06 bits per heavy atom. The van der Waals surface area contributed by atoms with Crippen LogP contribution >= 0.6 is 0 Å². The van der Waals surface area contributed by atoms with Crippen LogP contribution in [0.4, 0.5) is 0 Å². The van der Waals surface area contributed by atoms with Gasteiger partial charge in [0.25, 0.3) is 0 Å². The molecule has 92 valence electrons. The normalized spacial score (nSPS) is 17.4. The first-order valence-electron chi connectivity index (χ1n) is 5.78. The van der Waals surface area contributed by atoms with E-state index in [1.807, 2.05) is 6.92 Å². The maximum absolute atomic E-state index is 11.9. The van der Waals surface area contributed by atoms with E-state index in [1.54, 1.807) is 11.9 Å². The molecular weight excluding hydrogens is 206 g/mol. The summed E-state index contributed by atoms with van der Waals surface area (Å²) in [5, 5.41) is 2.51. The average Bonchev–Trinajstić information content (AvgIpc) is 2.22. The Kier molecular flexibility index (Phi) is 4.29. The maximum atomic E-state index is 11.9. The van der Waals surface area contributed by atoms with E-state index in [2.05, 4.69) is 5.32 Å². The first-order chi connectivity index (χ1) is 7.50. The van der Waals surface area contributed by atoms with Crippen molar-refractivity contribution in [2.45, 2.75) is 38.1 Å². The van der Waals surface area contributed by atoms with Crippen molar-refractivity contribution in [3.05, 3.63) is 0 Å². The monoisotopic (exact) mass is 227 g/mol. The molecule has 1 rings (SSSR count). The van der Waals surface area contributed by atoms with Gasteiger partial charge in [0, 0.05) is 25.6 Å². The number of nitrogens with two attached hydrogens (primary N) is 1. The van der Waals surface area contributed by atoms with E-state index >= 15 is 0 Å². The van der Waals surface area contributed by atoms with E-state index in [1.165, 1.54) is 0 Å². The lowest BCUT2D eigenvalue weighted by atomic mass is 9.75. The minimum Gasteiger partial charge on any atom is -0.358 e. The van der Waals surface area contributed by atoms with Gasteiger partial charge in [-0.25, -0.2) is 0 Å². The van der Waals surface area contributed by atoms with Gasteiger partial charge >= 0.3 is 0 Å². The summed E-state index contributed by atoms with van der Waals surface area (Å²) in [5.74, 6) is -0.164. The molecule has 1 aliphatic carbocycles. The van der Waals surface area contributed by atoms with Crippen LogP contribution in [0.25, 0.3) is 0 Å². The minimum atomic E-state index is -0.312. The molecule has 1 fully saturated rings. The smallest absolute Gasteiger partial charge is 0.239 e. The van der Waals surface area contributed by atoms with Crippen LogP contribution in [-0.2, 0) is 9.59 Å². The van der Waals surface area contributed by atoms with Crippen LogP contribution in [0.2, 0.25) is 0 Å². The van der Waals surface area contributed by atoms with Gasteiger partial charge in [0.05, 0.1) is 6.54 Å². The van der Waals surface area contributed by atoms with Crippen molar-refractivity contribution >= 4 is 11.8 Å². The first kappa shape index (κ1) is 13.0. The van der Waals surface area contributed by atoms with Crippen LogP contribution in [0.15, 0.2) is 0 Å². The molecule has 0 aromatic rings. The number of rotatable bonds is 5. The molecule has 0 bridgehead atoms. The molecule has 0 heterocycles. The largest absolute Gasteiger partial charge is 0.358 e. The molecule has 0 aliphatic heterocycles. The lowest BCUT2D eigenvalue weighted by molar-refractivity contribution is -0.137. The van der Waals surface area contributed by atoms with Crippen LogP contribution in [0.3, 0.4) is 0 Å². The quantitative estimate of drug-likeness (QED) is 0.686. The number of carbonyl (C=O) groups is 2. The fourth-order valence-electron chi connectivity index (χ4n) is 1.85. The Bertz CT molecular complexity index is 274. The van der Waals surface area contributed by atoms with Crippen molar-refractivity contribution < 1.29 is 9.59 Å². The molecule has 0 saturated heterocycles. The summed E-state index contributed by atoms with van der Waals surface area (Å²) >= 11 is 0. The summed E-state index contributed by atoms with van der Waals surface area (Å²) in [6.07, 6.45) is 3.29. The highest BCUT2D eigenvalue weighted by Gasteiger charge is 2.35. The van der Waals surface area contributed by atoms with Crippen LogP contribution in [0.5, 0.6) is 0 Å². The standard InChI is InChI=1S/C11H21N3O2/c1-3-14(8-9(15)13-2)10(16)7-11(12)5-4-6-11/h3-8,12H2,1-2H3,(H,13,15). The summed E-state index contributed by atoms with van der Waals surface area (Å²) in [6, 6.07) is 0. The molecular formula is C11H21N3O2. The molecule has 0 atom stereocenters. The minimum absolute atomic E-state index is 0.0201. The predicted molar refractivity (Wildman–Crippen MR) is 61.7 cm³/mol. The van der Waals surface area contributed by atoms with E-state index < -0.39 is 0 Å². The lowest BCUT2D eigenvalue weighted by Gasteiger charge is -2.38. The van der Waals surface area contributed by atoms with Crippen molar-refractivity contribution in [2.75, 3.05) is 20.1 Å². The van der Waals surface area contributed by atoms with Crippen molar-refractivity contribution in [2.24, 2.45) is 5.73 Å². The number of hydrogen-bond acceptors (Lipinski definition) is 3. The Morgan fingerprint density at radius 1 is 1.44 bits per heavy atom. The number of likely N-dealkylation sites (N-methyl/N-ethyl adjacent to an activating group) is 2. The van der Waals surface area contributed by atoms with Gasteiger partial charge in [-0.15, -0.1) is 0 Å². The van der Waals surface area contributed by atoms with E-state index in [9.17, 15) is 9.59 Å². The zero-order chi connectivity index (χ0) is 12.2. The lowest BCUT2D eigenvalue weighted by Crippen LogP contribution is -2.51. The highest BCUT2D eigenvalue weighted by atomic mass is 16.2. The van der Waals surface area contributed by atoms with Gasteiger partial charge in [-0.1, -0.05) is 0 Å². The highest BCUT2D eigenvalue weighted by Crippen LogP contribution is 2.32. The molecule has 5 heteroatoms. The van der Waals surface area contributed by atoms with Gasteiger partial charge < -0.3 is 16.0 Å². The molecule has 16 heavy (non-hydrogen) atoms. The van der Waals surface area contributed by atoms with Crippen LogP contribution in [0.1, 0.15) is 32.6 Å². The van der Waals surface area contributed by atoms with Gasteiger partial charge in [0.1, 0.15) is 0 Å². The van der Waals surface area contributed by atoms with Gasteiger partial charge in [0.2, 0.25) is 11.8 Å². The Morgan fingerprint density at radius 3 is 2.44 bits per heavy atom. The molecule has 0 radical (unpaired) electrons. The number of nitrogens with one attached hydrogen (secondary N) is 1. The third-order valence-electron chi connectivity index (χ3n) is 3.20. The molecule has 0 spiro atoms. The summed E-state index contributed by atoms with van der Waals surface area (Å²) in [7, 11) is 1.57. The molecule has 1 saturated carbocycles. The summed E-state index contributed by atoms with van der Waals surface area (Å²) in [6.45, 7) is 2.54. The zero-order valence-corrected chi connectivity index (χ0v) is 10.1. The van der Waals surface area contributed by atoms with E-state index in [4.69, 9.17) is 5.73 Å². The third-order valence-corrected chi connectivity index (χ3v) is 3.20. The SMILES string of the molecule is CCN(CC(=O)NC)C(=O)CC1(N)CCC1. The second-order valence-corrected chi connectivity index (χ2v) is 4.47. The Balaban J connectivity index is 2.45. The fraction of sp³-hybridized carbons (Fsp3) is 0.818. The fourth-order valence-corrected chi connectivity index (χ4v) is 1.85. The van der Waals surface area contributed by atoms with Crippen LogP contribution in [-0.4, -0.2) is 42.4 Å². The van der Waals surface area contributed by atoms with E-state index in [-0.39, 0.29) is 23.9 Å². The molecule has 5 nitrogen and oxygen atoms in total. The summed E-state index contributed by atoms with van der Waals surface area (Å²) < 4.78 is 0. The number of carbonyl (C=O) groups excluding carboxylic acids is 2. The van der Waals surface area contributed by atoms with Gasteiger partial charge in [0.15, 0.2) is 0 Å². The summed E-state index contributed by atoms with van der Waals surface area (Å²) in [5.41, 5.74) is 5.70. The molecule has 2 amide bonds. The Labute approximate surface area is 96.4 Å². The van der Waals surface area contributed by atoms with Gasteiger partial charge in [-0.05, 0) is 26.2 Å². The van der Waals surface area contributed by atoms with Crippen LogP contribution in [0, 0.1) is 0 Å². The van der Waals surface area contributed by atoms with Gasteiger partial charge in [-0.3, -0.25) is 9.59 Å². The third kappa shape index (κ3) is 3.20. The second-order valence-electron chi connectivity index (χ2n) is 4.47. The first-order valence-corrected chi connectivity index (χ1v) is 5.78. The average molecular weight is 227 g/mol. The second kappa shape index (κ2) is 5.30. The number of nitrogens with zero attached hydrogens (tertiary/aromatic N) is 1. The van der Waals surface area contributed by atoms with Crippen molar-refractivity contribution in [1.82, 2.24) is 10.2 Å². The molecule has 1 aliphatic rings. The molecule has 0 unspecified atom stereocenters. The van der Waals surface area contributed by atoms with Gasteiger partial charge in [-0.2, -0.15) is 0 Å². The molecule has 0 aromatic carbocycles. The highest BCUT2D eigenvalue weighted by molar-refractivity contribution is 5.85. The van der Waals surface area contributed by atoms with Crippen molar-refractivity contribution in [3.63, 3.8) is 0 Å². The van der Waals surface area contributed by atoms with E-state index in [0.717, 1.165) is 19.3 Å². The summed E-state index contributed by atoms with van der Waals surface area (Å²) in [4.78, 5) is 24.6. The number of hydrogen-bond donors (Lipinski definition) is 2. The maximum Gasteiger partial charge on any atom is 0.239 e. The molecule has 0 aromatic heterocycles. The van der Waals surface area contributed by atoms with Crippen molar-refractivity contribution in [1.29, 1.82) is 0 Å². The molecule has 3 N–H and O–H groups in total. The zero-order valence-electron chi connectivity index (χ0n) is 10.1. The van der Waals surface area contributed by atoms with Crippen LogP contribution < -0.4 is 11.1 Å².